The number of rotatable bonds is 13. The fourth-order valence-corrected chi connectivity index (χ4v) is 7.57. The van der Waals surface area contributed by atoms with Gasteiger partial charge in [0.2, 0.25) is 5.95 Å². The molecule has 0 fully saturated rings. The molecule has 5 N–H and O–H groups in total. The first-order valence-electron chi connectivity index (χ1n) is 13.5. The van der Waals surface area contributed by atoms with Gasteiger partial charge in [0.1, 0.15) is 9.79 Å². The van der Waals surface area contributed by atoms with E-state index in [0.29, 0.717) is 23.6 Å². The monoisotopic (exact) mass is 744 g/mol. The zero-order valence-electron chi connectivity index (χ0n) is 24.5. The molecule has 16 nitrogen and oxygen atoms in total. The summed E-state index contributed by atoms with van der Waals surface area (Å²) in [4.78, 5) is 19.8. The van der Waals surface area contributed by atoms with E-state index in [2.05, 4.69) is 44.3 Å². The molecule has 4 aromatic rings. The van der Waals surface area contributed by atoms with Crippen molar-refractivity contribution in [1.82, 2.24) is 15.0 Å². The minimum Gasteiger partial charge on any atom is -0.326 e. The first-order valence-corrected chi connectivity index (χ1v) is 19.2. The third-order valence-corrected chi connectivity index (χ3v) is 11.3. The first kappa shape index (κ1) is 36.4. The molecule has 252 valence electrons. The van der Waals surface area contributed by atoms with Gasteiger partial charge in [-0.15, -0.1) is 0 Å². The van der Waals surface area contributed by atoms with E-state index in [0.717, 1.165) is 31.4 Å². The maximum absolute atomic E-state index is 12.2. The van der Waals surface area contributed by atoms with Crippen molar-refractivity contribution in [2.24, 2.45) is 10.2 Å². The normalized spacial score (nSPS) is 13.0. The molecule has 21 heteroatoms. The minimum absolute atomic E-state index is 0.111. The van der Waals surface area contributed by atoms with Crippen molar-refractivity contribution in [1.29, 1.82) is 0 Å². The van der Waals surface area contributed by atoms with Gasteiger partial charge in [-0.05, 0) is 67.8 Å². The highest BCUT2D eigenvalue weighted by molar-refractivity contribution is 7.99. The van der Waals surface area contributed by atoms with Crippen LogP contribution in [0.25, 0.3) is 10.8 Å². The maximum Gasteiger partial charge on any atom is 0.350 e. The van der Waals surface area contributed by atoms with Crippen LogP contribution in [0, 0.1) is 0 Å². The van der Waals surface area contributed by atoms with Crippen LogP contribution in [0.15, 0.2) is 83.4 Å². The Morgan fingerprint density at radius 1 is 0.830 bits per heavy atom. The number of anilines is 2. The van der Waals surface area contributed by atoms with Gasteiger partial charge in [-0.2, -0.15) is 58.1 Å². The van der Waals surface area contributed by atoms with Crippen LogP contribution in [-0.4, -0.2) is 64.4 Å². The molecule has 1 heterocycles. The molecule has 0 aliphatic heterocycles. The van der Waals surface area contributed by atoms with Crippen molar-refractivity contribution in [2.75, 3.05) is 11.1 Å². The van der Waals surface area contributed by atoms with Gasteiger partial charge >= 0.3 is 5.69 Å². The van der Waals surface area contributed by atoms with E-state index in [1.165, 1.54) is 23.9 Å². The minimum atomic E-state index is -5.17. The summed E-state index contributed by atoms with van der Waals surface area (Å²) < 4.78 is 101. The van der Waals surface area contributed by atoms with E-state index < -0.39 is 61.5 Å². The standard InChI is InChI=1S/C26H28N6O10S5/c1-3-26(43,4-2)9-10-44-25-29-23(28-24(33)30-25)27-15-5-7-16(8-6-15)31-32-17-11-19-20(21(12-17)46(37,38)39)13-18(45(34,35)36)14-22(19)47(40,41)42/h5-8,11-14,43H,3-4,9-10H2,1-2H3,(H,34,35,36)(H,37,38,39)(H,40,41,42)(H2,27,28,29,30,33). The Morgan fingerprint density at radius 2 is 1.40 bits per heavy atom. The van der Waals surface area contributed by atoms with Crippen LogP contribution in [0.3, 0.4) is 0 Å². The number of hydrogen-bond acceptors (Lipinski definition) is 14. The van der Waals surface area contributed by atoms with Crippen LogP contribution in [0.1, 0.15) is 33.1 Å². The average Bonchev–Trinajstić information content (AvgIpc) is 2.98. The molecule has 0 aliphatic carbocycles. The van der Waals surface area contributed by atoms with Crippen molar-refractivity contribution in [3.05, 3.63) is 59.0 Å². The molecule has 0 atom stereocenters. The van der Waals surface area contributed by atoms with Crippen molar-refractivity contribution >= 4 is 88.5 Å². The molecule has 0 unspecified atom stereocenters. The predicted octanol–water partition coefficient (Wildman–Crippen LogP) is 5.19. The average molecular weight is 745 g/mol. The Labute approximate surface area is 279 Å². The number of fused-ring (bicyclic) bond motifs is 1. The van der Waals surface area contributed by atoms with Crippen LogP contribution in [0.4, 0.5) is 23.0 Å². The summed E-state index contributed by atoms with van der Waals surface area (Å²) in [5.74, 6) is 0.810. The largest absolute Gasteiger partial charge is 0.350 e. The first-order chi connectivity index (χ1) is 21.8. The summed E-state index contributed by atoms with van der Waals surface area (Å²) in [6.07, 6.45) is 2.60. The van der Waals surface area contributed by atoms with E-state index in [4.69, 9.17) is 12.6 Å². The molecular weight excluding hydrogens is 717 g/mol. The Hall–Kier alpha value is -3.44. The van der Waals surface area contributed by atoms with Crippen LogP contribution in [0.2, 0.25) is 0 Å². The van der Waals surface area contributed by atoms with Gasteiger partial charge in [-0.3, -0.25) is 18.6 Å². The fraction of sp³-hybridized carbons (Fsp3) is 0.269. The molecule has 0 amide bonds. The lowest BCUT2D eigenvalue weighted by molar-refractivity contribution is 0.478. The topological polar surface area (TPSA) is 258 Å². The molecule has 0 saturated carbocycles. The zero-order valence-corrected chi connectivity index (χ0v) is 28.7. The van der Waals surface area contributed by atoms with Crippen molar-refractivity contribution < 1.29 is 38.9 Å². The molecule has 0 aliphatic rings. The van der Waals surface area contributed by atoms with Gasteiger partial charge in [0, 0.05) is 27.0 Å². The Balaban J connectivity index is 1.61. The number of nitrogens with zero attached hydrogens (tertiary/aromatic N) is 4. The smallest absolute Gasteiger partial charge is 0.326 e. The number of hydrogen-bond donors (Lipinski definition) is 6. The lowest BCUT2D eigenvalue weighted by Gasteiger charge is -2.24. The van der Waals surface area contributed by atoms with E-state index in [-0.39, 0.29) is 27.2 Å². The highest BCUT2D eigenvalue weighted by atomic mass is 32.2. The molecule has 47 heavy (non-hydrogen) atoms. The molecule has 0 bridgehead atoms. The van der Waals surface area contributed by atoms with Crippen molar-refractivity contribution in [3.63, 3.8) is 0 Å². The van der Waals surface area contributed by atoms with Gasteiger partial charge < -0.3 is 5.32 Å². The number of benzene rings is 3. The Kier molecular flexibility index (Phi) is 10.8. The van der Waals surface area contributed by atoms with E-state index in [1.807, 2.05) is 0 Å². The number of nitrogens with one attached hydrogen (secondary N) is 2. The van der Waals surface area contributed by atoms with Gasteiger partial charge in [-0.1, -0.05) is 25.6 Å². The maximum atomic E-state index is 12.2. The lowest BCUT2D eigenvalue weighted by atomic mass is 9.99. The van der Waals surface area contributed by atoms with E-state index in [9.17, 15) is 43.7 Å². The summed E-state index contributed by atoms with van der Waals surface area (Å²) in [6, 6.07) is 8.94. The summed E-state index contributed by atoms with van der Waals surface area (Å²) in [6.45, 7) is 4.13. The Morgan fingerprint density at radius 3 is 1.98 bits per heavy atom. The molecule has 0 spiro atoms. The van der Waals surface area contributed by atoms with Crippen LogP contribution in [0.5, 0.6) is 0 Å². The number of aromatic nitrogens is 3. The quantitative estimate of drug-likeness (QED) is 0.0446. The van der Waals surface area contributed by atoms with Gasteiger partial charge in [0.05, 0.1) is 16.3 Å². The molecule has 3 aromatic carbocycles. The molecule has 4 rings (SSSR count). The van der Waals surface area contributed by atoms with Gasteiger partial charge in [-0.25, -0.2) is 4.79 Å². The lowest BCUT2D eigenvalue weighted by Crippen LogP contribution is -2.20. The SMILES string of the molecule is CCC(S)(CC)CCSc1nc(Nc2ccc(N=Nc3cc(S(=O)(=O)O)c4cc(S(=O)(=O)O)cc(S(=O)(=O)O)c4c3)cc2)[nH]c(=O)n1. The number of H-pyrrole nitrogens is 1. The summed E-state index contributed by atoms with van der Waals surface area (Å²) in [5.41, 5.74) is -0.166. The highest BCUT2D eigenvalue weighted by Gasteiger charge is 2.26. The van der Waals surface area contributed by atoms with Crippen molar-refractivity contribution in [3.8, 4) is 0 Å². The van der Waals surface area contributed by atoms with E-state index in [1.54, 1.807) is 12.1 Å². The second-order valence-electron chi connectivity index (χ2n) is 10.1. The number of thioether (sulfide) groups is 1. The highest BCUT2D eigenvalue weighted by Crippen LogP contribution is 2.36. The molecule has 0 radical (unpaired) electrons. The van der Waals surface area contributed by atoms with Gasteiger partial charge in [0.25, 0.3) is 30.4 Å². The predicted molar refractivity (Wildman–Crippen MR) is 178 cm³/mol. The summed E-state index contributed by atoms with van der Waals surface area (Å²) in [5, 5.41) is 9.96. The van der Waals surface area contributed by atoms with Crippen LogP contribution in [-0.2, 0) is 30.4 Å². The fourth-order valence-electron chi connectivity index (χ4n) is 4.28. The van der Waals surface area contributed by atoms with Crippen LogP contribution < -0.4 is 11.0 Å². The third kappa shape index (κ3) is 9.34. The second kappa shape index (κ2) is 14.0. The zero-order chi connectivity index (χ0) is 34.8. The summed E-state index contributed by atoms with van der Waals surface area (Å²) >= 11 is 6.07. The number of aromatic amines is 1. The van der Waals surface area contributed by atoms with Crippen LogP contribution >= 0.6 is 24.4 Å². The molecular formula is C26H28N6O10S5. The second-order valence-corrected chi connectivity index (χ2v) is 16.3. The number of azo groups is 1. The molecule has 1 aromatic heterocycles. The summed E-state index contributed by atoms with van der Waals surface area (Å²) in [7, 11) is -15.4. The van der Waals surface area contributed by atoms with Crippen molar-refractivity contribution in [2.45, 2.75) is 57.7 Å². The molecule has 0 saturated heterocycles. The number of thiol groups is 1. The van der Waals surface area contributed by atoms with Gasteiger partial charge in [0.15, 0.2) is 5.16 Å². The van der Waals surface area contributed by atoms with E-state index >= 15 is 0 Å². The Bertz CT molecular complexity index is 2240. The third-order valence-electron chi connectivity index (χ3n) is 6.96.